The largest absolute Gasteiger partial charge is 0.469 e. The van der Waals surface area contributed by atoms with Gasteiger partial charge >= 0.3 is 5.97 Å². The first-order valence-corrected chi connectivity index (χ1v) is 7.54. The highest BCUT2D eigenvalue weighted by Crippen LogP contribution is 2.22. The van der Waals surface area contributed by atoms with Crippen LogP contribution in [-0.4, -0.2) is 44.2 Å². The van der Waals surface area contributed by atoms with Crippen molar-refractivity contribution in [3.05, 3.63) is 35.9 Å². The zero-order valence-corrected chi connectivity index (χ0v) is 13.5. The molecule has 0 aliphatic carbocycles. The Morgan fingerprint density at radius 2 is 1.86 bits per heavy atom. The van der Waals surface area contributed by atoms with E-state index in [0.717, 1.165) is 32.5 Å². The van der Waals surface area contributed by atoms with Crippen LogP contribution >= 0.6 is 0 Å². The molecule has 118 valence electrons. The molecule has 0 amide bonds. The van der Waals surface area contributed by atoms with Gasteiger partial charge in [-0.05, 0) is 38.8 Å². The van der Waals surface area contributed by atoms with Gasteiger partial charge in [0.05, 0.1) is 12.5 Å². The minimum atomic E-state index is -0.450. The van der Waals surface area contributed by atoms with Crippen molar-refractivity contribution in [2.24, 2.45) is 11.1 Å². The molecule has 0 fully saturated rings. The third-order valence-corrected chi connectivity index (χ3v) is 3.80. The SMILES string of the molecule is COC(=O)C(C)(C)CCN(CCN)CCc1ccccc1. The minimum absolute atomic E-state index is 0.154. The lowest BCUT2D eigenvalue weighted by molar-refractivity contribution is -0.151. The Balaban J connectivity index is 2.48. The molecule has 4 heteroatoms. The fraction of sp³-hybridized carbons (Fsp3) is 0.588. The molecule has 0 aliphatic heterocycles. The van der Waals surface area contributed by atoms with Crippen LogP contribution in [0, 0.1) is 5.41 Å². The average molecular weight is 292 g/mol. The Kier molecular flexibility index (Phi) is 7.40. The lowest BCUT2D eigenvalue weighted by atomic mass is 9.89. The number of hydrogen-bond acceptors (Lipinski definition) is 4. The summed E-state index contributed by atoms with van der Waals surface area (Å²) in [5, 5.41) is 0. The maximum absolute atomic E-state index is 11.7. The minimum Gasteiger partial charge on any atom is -0.469 e. The van der Waals surface area contributed by atoms with Crippen molar-refractivity contribution in [2.75, 3.05) is 33.3 Å². The molecule has 1 rings (SSSR count). The van der Waals surface area contributed by atoms with Crippen molar-refractivity contribution in [1.82, 2.24) is 4.90 Å². The molecule has 0 unspecified atom stereocenters. The van der Waals surface area contributed by atoms with Crippen LogP contribution in [0.2, 0.25) is 0 Å². The van der Waals surface area contributed by atoms with Gasteiger partial charge in [0.15, 0.2) is 0 Å². The van der Waals surface area contributed by atoms with E-state index in [1.54, 1.807) is 0 Å². The standard InChI is InChI=1S/C17H28N2O2/c1-17(2,16(20)21-3)10-13-19(14-11-18)12-9-15-7-5-4-6-8-15/h4-8H,9-14,18H2,1-3H3. The molecular formula is C17H28N2O2. The molecule has 2 N–H and O–H groups in total. The second-order valence-electron chi connectivity index (χ2n) is 5.99. The van der Waals surface area contributed by atoms with Gasteiger partial charge in [-0.25, -0.2) is 0 Å². The van der Waals surface area contributed by atoms with Crippen LogP contribution in [0.25, 0.3) is 0 Å². The van der Waals surface area contributed by atoms with Crippen LogP contribution in [0.1, 0.15) is 25.8 Å². The lowest BCUT2D eigenvalue weighted by Gasteiger charge is -2.27. The number of nitrogens with two attached hydrogens (primary N) is 1. The van der Waals surface area contributed by atoms with Crippen molar-refractivity contribution in [1.29, 1.82) is 0 Å². The molecule has 0 saturated carbocycles. The van der Waals surface area contributed by atoms with Crippen LogP contribution in [0.15, 0.2) is 30.3 Å². The number of hydrogen-bond donors (Lipinski definition) is 1. The second kappa shape index (κ2) is 8.80. The number of ether oxygens (including phenoxy) is 1. The van der Waals surface area contributed by atoms with Gasteiger partial charge in [-0.15, -0.1) is 0 Å². The first kappa shape index (κ1) is 17.7. The Morgan fingerprint density at radius 1 is 1.19 bits per heavy atom. The van der Waals surface area contributed by atoms with E-state index in [-0.39, 0.29) is 5.97 Å². The van der Waals surface area contributed by atoms with Crippen molar-refractivity contribution < 1.29 is 9.53 Å². The van der Waals surface area contributed by atoms with Gasteiger partial charge < -0.3 is 15.4 Å². The molecule has 0 heterocycles. The Morgan fingerprint density at radius 3 is 2.43 bits per heavy atom. The predicted octanol–water partition coefficient (Wildman–Crippen LogP) is 2.08. The summed E-state index contributed by atoms with van der Waals surface area (Å²) in [5.41, 5.74) is 6.57. The number of nitrogens with zero attached hydrogens (tertiary/aromatic N) is 1. The van der Waals surface area contributed by atoms with Gasteiger partial charge in [0.25, 0.3) is 0 Å². The number of esters is 1. The first-order chi connectivity index (χ1) is 9.99. The maximum Gasteiger partial charge on any atom is 0.311 e. The number of rotatable bonds is 9. The Bertz CT molecular complexity index is 418. The molecule has 21 heavy (non-hydrogen) atoms. The summed E-state index contributed by atoms with van der Waals surface area (Å²) < 4.78 is 4.85. The molecular weight excluding hydrogens is 264 g/mol. The quantitative estimate of drug-likeness (QED) is 0.708. The van der Waals surface area contributed by atoms with E-state index in [9.17, 15) is 4.79 Å². The van der Waals surface area contributed by atoms with Crippen molar-refractivity contribution in [3.8, 4) is 0 Å². The van der Waals surface area contributed by atoms with E-state index in [4.69, 9.17) is 10.5 Å². The topological polar surface area (TPSA) is 55.6 Å². The van der Waals surface area contributed by atoms with E-state index < -0.39 is 5.41 Å². The molecule has 0 spiro atoms. The number of carbonyl (C=O) groups is 1. The van der Waals surface area contributed by atoms with Gasteiger partial charge in [0.2, 0.25) is 0 Å². The van der Waals surface area contributed by atoms with Crippen LogP contribution in [0.3, 0.4) is 0 Å². The van der Waals surface area contributed by atoms with Crippen molar-refractivity contribution >= 4 is 5.97 Å². The molecule has 0 aliphatic rings. The molecule has 0 aromatic heterocycles. The summed E-state index contributed by atoms with van der Waals surface area (Å²) in [7, 11) is 1.44. The summed E-state index contributed by atoms with van der Waals surface area (Å²) >= 11 is 0. The monoisotopic (exact) mass is 292 g/mol. The fourth-order valence-electron chi connectivity index (χ4n) is 2.27. The molecule has 0 saturated heterocycles. The highest BCUT2D eigenvalue weighted by atomic mass is 16.5. The van der Waals surface area contributed by atoms with Crippen LogP contribution in [0.4, 0.5) is 0 Å². The van der Waals surface area contributed by atoms with Gasteiger partial charge in [0, 0.05) is 19.6 Å². The number of methoxy groups -OCH3 is 1. The van der Waals surface area contributed by atoms with Crippen molar-refractivity contribution in [2.45, 2.75) is 26.7 Å². The normalized spacial score (nSPS) is 11.7. The van der Waals surface area contributed by atoms with Crippen molar-refractivity contribution in [3.63, 3.8) is 0 Å². The number of carbonyl (C=O) groups excluding carboxylic acids is 1. The summed E-state index contributed by atoms with van der Waals surface area (Å²) in [5.74, 6) is -0.154. The van der Waals surface area contributed by atoms with Gasteiger partial charge in [-0.1, -0.05) is 30.3 Å². The molecule has 4 nitrogen and oxygen atoms in total. The summed E-state index contributed by atoms with van der Waals surface area (Å²) in [6.07, 6.45) is 1.77. The third kappa shape index (κ3) is 6.27. The van der Waals surface area contributed by atoms with E-state index in [1.165, 1.54) is 12.7 Å². The average Bonchev–Trinajstić information content (AvgIpc) is 2.50. The first-order valence-electron chi connectivity index (χ1n) is 7.54. The zero-order chi connectivity index (χ0) is 15.7. The van der Waals surface area contributed by atoms with E-state index in [2.05, 4.69) is 29.2 Å². The Hall–Kier alpha value is -1.39. The smallest absolute Gasteiger partial charge is 0.311 e. The predicted molar refractivity (Wildman–Crippen MR) is 86.1 cm³/mol. The molecule has 0 bridgehead atoms. The van der Waals surface area contributed by atoms with Crippen LogP contribution in [-0.2, 0) is 16.0 Å². The molecule has 1 aromatic rings. The van der Waals surface area contributed by atoms with Gasteiger partial charge in [-0.3, -0.25) is 4.79 Å². The fourth-order valence-corrected chi connectivity index (χ4v) is 2.27. The summed E-state index contributed by atoms with van der Waals surface area (Å²) in [4.78, 5) is 14.0. The highest BCUT2D eigenvalue weighted by Gasteiger charge is 2.28. The van der Waals surface area contributed by atoms with E-state index in [1.807, 2.05) is 19.9 Å². The Labute approximate surface area is 128 Å². The third-order valence-electron chi connectivity index (χ3n) is 3.80. The zero-order valence-electron chi connectivity index (χ0n) is 13.5. The summed E-state index contributed by atoms with van der Waals surface area (Å²) in [6.45, 7) is 7.15. The van der Waals surface area contributed by atoms with Crippen LogP contribution < -0.4 is 5.73 Å². The molecule has 0 atom stereocenters. The van der Waals surface area contributed by atoms with Crippen LogP contribution in [0.5, 0.6) is 0 Å². The van der Waals surface area contributed by atoms with Gasteiger partial charge in [0.1, 0.15) is 0 Å². The van der Waals surface area contributed by atoms with Gasteiger partial charge in [-0.2, -0.15) is 0 Å². The summed E-state index contributed by atoms with van der Waals surface area (Å²) in [6, 6.07) is 10.4. The maximum atomic E-state index is 11.7. The number of benzene rings is 1. The van der Waals surface area contributed by atoms with E-state index >= 15 is 0 Å². The molecule has 1 aromatic carbocycles. The lowest BCUT2D eigenvalue weighted by Crippen LogP contribution is -2.36. The molecule has 0 radical (unpaired) electrons. The highest BCUT2D eigenvalue weighted by molar-refractivity contribution is 5.75. The second-order valence-corrected chi connectivity index (χ2v) is 5.99. The van der Waals surface area contributed by atoms with E-state index in [0.29, 0.717) is 6.54 Å².